The molecule has 28 heavy (non-hydrogen) atoms. The average Bonchev–Trinajstić information content (AvgIpc) is 3.37. The standard InChI is InChI=1S/C20H20N4O4/c1-13-10-17(23-28-13)22-18(25)12-27-20(26)15-11-14-6-2-3-7-16(14)21-19(15)24-8-4-5-9-24/h2-3,6-7,10-11H,4-5,8-9,12H2,1H3,(H,22,23,25). The van der Waals surface area contributed by atoms with Crippen LogP contribution in [0.5, 0.6) is 0 Å². The summed E-state index contributed by atoms with van der Waals surface area (Å²) in [6, 6.07) is 11.0. The maximum Gasteiger partial charge on any atom is 0.342 e. The summed E-state index contributed by atoms with van der Waals surface area (Å²) in [5.74, 6) is 0.395. The van der Waals surface area contributed by atoms with Gasteiger partial charge < -0.3 is 19.5 Å². The number of rotatable bonds is 5. The Bertz CT molecular complexity index is 1020. The fourth-order valence-electron chi connectivity index (χ4n) is 3.24. The minimum absolute atomic E-state index is 0.281. The van der Waals surface area contributed by atoms with Gasteiger partial charge in [-0.05, 0) is 31.9 Å². The predicted molar refractivity (Wildman–Crippen MR) is 103 cm³/mol. The molecule has 0 bridgehead atoms. The number of benzene rings is 1. The highest BCUT2D eigenvalue weighted by atomic mass is 16.5. The average molecular weight is 380 g/mol. The van der Waals surface area contributed by atoms with Crippen molar-refractivity contribution in [1.82, 2.24) is 10.1 Å². The van der Waals surface area contributed by atoms with E-state index < -0.39 is 18.5 Å². The summed E-state index contributed by atoms with van der Waals surface area (Å²) in [5, 5.41) is 7.05. The highest BCUT2D eigenvalue weighted by molar-refractivity contribution is 6.01. The van der Waals surface area contributed by atoms with Gasteiger partial charge in [0.15, 0.2) is 12.4 Å². The molecule has 0 spiro atoms. The fraction of sp³-hybridized carbons (Fsp3) is 0.300. The van der Waals surface area contributed by atoms with Gasteiger partial charge in [0.05, 0.1) is 5.52 Å². The van der Waals surface area contributed by atoms with Crippen molar-refractivity contribution in [1.29, 1.82) is 0 Å². The number of hydrogen-bond acceptors (Lipinski definition) is 7. The zero-order chi connectivity index (χ0) is 19.5. The lowest BCUT2D eigenvalue weighted by Gasteiger charge is -2.20. The Morgan fingerprint density at radius 1 is 1.21 bits per heavy atom. The Kier molecular flexibility index (Phi) is 4.92. The van der Waals surface area contributed by atoms with Gasteiger partial charge >= 0.3 is 5.97 Å². The van der Waals surface area contributed by atoms with Crippen LogP contribution in [-0.4, -0.2) is 41.7 Å². The Labute approximate surface area is 161 Å². The summed E-state index contributed by atoms with van der Waals surface area (Å²) < 4.78 is 10.1. The fourth-order valence-corrected chi connectivity index (χ4v) is 3.24. The van der Waals surface area contributed by atoms with Crippen LogP contribution in [0.3, 0.4) is 0 Å². The number of nitrogens with one attached hydrogen (secondary N) is 1. The van der Waals surface area contributed by atoms with Gasteiger partial charge in [-0.1, -0.05) is 23.4 Å². The number of para-hydroxylation sites is 1. The molecule has 1 aliphatic heterocycles. The van der Waals surface area contributed by atoms with E-state index >= 15 is 0 Å². The van der Waals surface area contributed by atoms with Crippen molar-refractivity contribution < 1.29 is 18.8 Å². The molecule has 8 nitrogen and oxygen atoms in total. The van der Waals surface area contributed by atoms with Gasteiger partial charge in [-0.15, -0.1) is 0 Å². The molecule has 4 rings (SSSR count). The van der Waals surface area contributed by atoms with Crippen LogP contribution in [0, 0.1) is 6.92 Å². The molecule has 0 atom stereocenters. The maximum atomic E-state index is 12.7. The number of fused-ring (bicyclic) bond motifs is 1. The van der Waals surface area contributed by atoms with Crippen LogP contribution in [0.25, 0.3) is 10.9 Å². The SMILES string of the molecule is Cc1cc(NC(=O)COC(=O)c2cc3ccccc3nc2N2CCCC2)no1. The van der Waals surface area contributed by atoms with Crippen LogP contribution in [0.1, 0.15) is 29.0 Å². The second-order valence-electron chi connectivity index (χ2n) is 6.69. The summed E-state index contributed by atoms with van der Waals surface area (Å²) in [4.78, 5) is 31.5. The van der Waals surface area contributed by atoms with E-state index in [0.717, 1.165) is 36.8 Å². The van der Waals surface area contributed by atoms with Gasteiger partial charge in [0.1, 0.15) is 17.1 Å². The second-order valence-corrected chi connectivity index (χ2v) is 6.69. The van der Waals surface area contributed by atoms with Crippen molar-refractivity contribution in [2.24, 2.45) is 0 Å². The minimum atomic E-state index is -0.577. The summed E-state index contributed by atoms with van der Waals surface area (Å²) in [6.07, 6.45) is 2.12. The molecular formula is C20H20N4O4. The highest BCUT2D eigenvalue weighted by Crippen LogP contribution is 2.27. The predicted octanol–water partition coefficient (Wildman–Crippen LogP) is 2.93. The maximum absolute atomic E-state index is 12.7. The van der Waals surface area contributed by atoms with Gasteiger partial charge in [-0.25, -0.2) is 9.78 Å². The van der Waals surface area contributed by atoms with Crippen molar-refractivity contribution >= 4 is 34.4 Å². The van der Waals surface area contributed by atoms with E-state index in [4.69, 9.17) is 9.26 Å². The van der Waals surface area contributed by atoms with Crippen LogP contribution >= 0.6 is 0 Å². The van der Waals surface area contributed by atoms with Crippen LogP contribution in [0.4, 0.5) is 11.6 Å². The number of amides is 1. The van der Waals surface area contributed by atoms with E-state index in [2.05, 4.69) is 20.4 Å². The van der Waals surface area contributed by atoms with E-state index in [1.807, 2.05) is 24.3 Å². The number of nitrogens with zero attached hydrogens (tertiary/aromatic N) is 3. The summed E-state index contributed by atoms with van der Waals surface area (Å²) >= 11 is 0. The number of ether oxygens (including phenoxy) is 1. The number of aromatic nitrogens is 2. The molecule has 0 unspecified atom stereocenters. The van der Waals surface area contributed by atoms with E-state index in [-0.39, 0.29) is 5.82 Å². The molecule has 0 aliphatic carbocycles. The third kappa shape index (κ3) is 3.80. The minimum Gasteiger partial charge on any atom is -0.452 e. The van der Waals surface area contributed by atoms with Crippen LogP contribution in [0.15, 0.2) is 40.9 Å². The molecule has 0 radical (unpaired) electrons. The van der Waals surface area contributed by atoms with Gasteiger partial charge in [0.25, 0.3) is 5.91 Å². The number of carbonyl (C=O) groups is 2. The Morgan fingerprint density at radius 2 is 2.00 bits per heavy atom. The number of esters is 1. The zero-order valence-corrected chi connectivity index (χ0v) is 15.5. The van der Waals surface area contributed by atoms with Crippen LogP contribution in [0.2, 0.25) is 0 Å². The molecule has 0 saturated carbocycles. The van der Waals surface area contributed by atoms with Crippen molar-refractivity contribution in [3.05, 3.63) is 47.7 Å². The topological polar surface area (TPSA) is 97.6 Å². The Hall–Kier alpha value is -3.42. The molecule has 8 heteroatoms. The number of aryl methyl sites for hydroxylation is 1. The molecule has 1 aromatic carbocycles. The summed E-state index contributed by atoms with van der Waals surface area (Å²) in [7, 11) is 0. The van der Waals surface area contributed by atoms with E-state index in [9.17, 15) is 9.59 Å². The molecule has 1 aliphatic rings. The third-order valence-corrected chi connectivity index (χ3v) is 4.56. The Morgan fingerprint density at radius 3 is 2.75 bits per heavy atom. The number of carbonyl (C=O) groups excluding carboxylic acids is 2. The van der Waals surface area contributed by atoms with E-state index in [0.29, 0.717) is 17.1 Å². The lowest BCUT2D eigenvalue weighted by molar-refractivity contribution is -0.119. The lowest BCUT2D eigenvalue weighted by Crippen LogP contribution is -2.25. The first-order valence-electron chi connectivity index (χ1n) is 9.15. The van der Waals surface area contributed by atoms with Crippen molar-refractivity contribution in [2.75, 3.05) is 29.9 Å². The molecule has 3 heterocycles. The number of pyridine rings is 1. The first-order chi connectivity index (χ1) is 13.6. The molecule has 3 aromatic rings. The molecule has 1 fully saturated rings. The van der Waals surface area contributed by atoms with Gasteiger partial charge in [-0.3, -0.25) is 4.79 Å². The monoisotopic (exact) mass is 380 g/mol. The van der Waals surface area contributed by atoms with Gasteiger partial charge in [0, 0.05) is 24.5 Å². The largest absolute Gasteiger partial charge is 0.452 e. The van der Waals surface area contributed by atoms with Crippen molar-refractivity contribution in [3.8, 4) is 0 Å². The smallest absolute Gasteiger partial charge is 0.342 e. The first kappa shape index (κ1) is 18.0. The number of anilines is 2. The molecular weight excluding hydrogens is 360 g/mol. The molecule has 144 valence electrons. The molecule has 2 aromatic heterocycles. The Balaban J connectivity index is 1.52. The third-order valence-electron chi connectivity index (χ3n) is 4.56. The normalized spacial score (nSPS) is 13.7. The highest BCUT2D eigenvalue weighted by Gasteiger charge is 2.23. The first-order valence-corrected chi connectivity index (χ1v) is 9.15. The number of hydrogen-bond donors (Lipinski definition) is 1. The summed E-state index contributed by atoms with van der Waals surface area (Å²) in [6.45, 7) is 2.99. The molecule has 1 amide bonds. The van der Waals surface area contributed by atoms with Crippen LogP contribution < -0.4 is 10.2 Å². The van der Waals surface area contributed by atoms with E-state index in [1.165, 1.54) is 0 Å². The summed E-state index contributed by atoms with van der Waals surface area (Å²) in [5.41, 5.74) is 1.19. The van der Waals surface area contributed by atoms with Gasteiger partial charge in [-0.2, -0.15) is 0 Å². The van der Waals surface area contributed by atoms with Gasteiger partial charge in [0.2, 0.25) is 0 Å². The molecule has 1 N–H and O–H groups in total. The van der Waals surface area contributed by atoms with E-state index in [1.54, 1.807) is 19.1 Å². The second kappa shape index (κ2) is 7.67. The lowest BCUT2D eigenvalue weighted by atomic mass is 10.1. The van der Waals surface area contributed by atoms with Crippen molar-refractivity contribution in [2.45, 2.75) is 19.8 Å². The van der Waals surface area contributed by atoms with Crippen LogP contribution in [-0.2, 0) is 9.53 Å². The quantitative estimate of drug-likeness (QED) is 0.680. The molecule has 1 saturated heterocycles. The van der Waals surface area contributed by atoms with Crippen molar-refractivity contribution in [3.63, 3.8) is 0 Å². The zero-order valence-electron chi connectivity index (χ0n) is 15.5.